The zero-order valence-corrected chi connectivity index (χ0v) is 13.2. The summed E-state index contributed by atoms with van der Waals surface area (Å²) in [7, 11) is 0. The van der Waals surface area contributed by atoms with Crippen molar-refractivity contribution in [3.05, 3.63) is 35.4 Å². The third-order valence-corrected chi connectivity index (χ3v) is 3.70. The first-order chi connectivity index (χ1) is 10.3. The summed E-state index contributed by atoms with van der Waals surface area (Å²) in [6.07, 6.45) is 0.333. The summed E-state index contributed by atoms with van der Waals surface area (Å²) in [5.41, 5.74) is 0.994. The number of aliphatic hydroxyl groups excluding tert-OH is 1. The molecule has 1 N–H and O–H groups in total. The highest BCUT2D eigenvalue weighted by Gasteiger charge is 2.37. The molecule has 5 nitrogen and oxygen atoms in total. The van der Waals surface area contributed by atoms with E-state index in [1.54, 1.807) is 17.0 Å². The zero-order chi connectivity index (χ0) is 16.3. The van der Waals surface area contributed by atoms with Crippen molar-refractivity contribution in [2.24, 2.45) is 5.92 Å². The number of nitriles is 1. The second kappa shape index (κ2) is 6.37. The Labute approximate surface area is 131 Å². The van der Waals surface area contributed by atoms with Gasteiger partial charge in [-0.05, 0) is 44.9 Å². The van der Waals surface area contributed by atoms with Gasteiger partial charge in [0.05, 0.1) is 17.7 Å². The number of carbonyl (C=O) groups excluding carboxylic acids is 1. The Hall–Kier alpha value is -2.06. The number of ether oxygens (including phenoxy) is 1. The van der Waals surface area contributed by atoms with Gasteiger partial charge in [-0.15, -0.1) is 0 Å². The number of benzene rings is 1. The highest BCUT2D eigenvalue weighted by Crippen LogP contribution is 2.36. The fourth-order valence-corrected chi connectivity index (χ4v) is 2.67. The number of hydrogen-bond acceptors (Lipinski definition) is 4. The third-order valence-electron chi connectivity index (χ3n) is 3.70. The van der Waals surface area contributed by atoms with Gasteiger partial charge in [-0.1, -0.05) is 12.1 Å². The van der Waals surface area contributed by atoms with Gasteiger partial charge in [-0.25, -0.2) is 4.79 Å². The highest BCUT2D eigenvalue weighted by atomic mass is 16.6. The van der Waals surface area contributed by atoms with Crippen LogP contribution in [0.5, 0.6) is 0 Å². The lowest BCUT2D eigenvalue weighted by molar-refractivity contribution is 0.0216. The van der Waals surface area contributed by atoms with Crippen LogP contribution in [0.2, 0.25) is 0 Å². The fourth-order valence-electron chi connectivity index (χ4n) is 2.67. The molecule has 0 aliphatic carbocycles. The van der Waals surface area contributed by atoms with Gasteiger partial charge in [0.15, 0.2) is 0 Å². The second-order valence-electron chi connectivity index (χ2n) is 6.67. The Morgan fingerprint density at radius 1 is 1.41 bits per heavy atom. The minimum atomic E-state index is -0.552. The maximum Gasteiger partial charge on any atom is 0.410 e. The molecule has 0 bridgehead atoms. The van der Waals surface area contributed by atoms with E-state index >= 15 is 0 Å². The molecule has 1 heterocycles. The first kappa shape index (κ1) is 16.3. The molecule has 1 saturated heterocycles. The zero-order valence-electron chi connectivity index (χ0n) is 13.2. The summed E-state index contributed by atoms with van der Waals surface area (Å²) in [5, 5.41) is 18.3. The van der Waals surface area contributed by atoms with Gasteiger partial charge in [-0.3, -0.25) is 0 Å². The summed E-state index contributed by atoms with van der Waals surface area (Å²) in [5.74, 6) is 0.0492. The molecule has 0 aromatic heterocycles. The number of likely N-dealkylation sites (tertiary alicyclic amines) is 1. The number of nitrogens with zero attached hydrogens (tertiary/aromatic N) is 2. The molecular weight excluding hydrogens is 280 g/mol. The summed E-state index contributed by atoms with van der Waals surface area (Å²) in [6, 6.07) is 9.17. The SMILES string of the molecule is CC(C)(C)OC(=O)N1CC(CO)CC1c1ccc(C#N)cc1. The molecule has 2 atom stereocenters. The standard InChI is InChI=1S/C17H22N2O3/c1-17(2,3)22-16(21)19-10-13(11-20)8-15(19)14-6-4-12(9-18)5-7-14/h4-7,13,15,20H,8,10-11H2,1-3H3. The van der Waals surface area contributed by atoms with Crippen LogP contribution in [0.3, 0.4) is 0 Å². The van der Waals surface area contributed by atoms with Crippen molar-refractivity contribution in [2.75, 3.05) is 13.2 Å². The van der Waals surface area contributed by atoms with Crippen LogP contribution in [0.15, 0.2) is 24.3 Å². The maximum atomic E-state index is 12.4. The monoisotopic (exact) mass is 302 g/mol. The molecule has 1 fully saturated rings. The molecule has 2 rings (SSSR count). The number of rotatable bonds is 2. The highest BCUT2D eigenvalue weighted by molar-refractivity contribution is 5.69. The Morgan fingerprint density at radius 3 is 2.55 bits per heavy atom. The van der Waals surface area contributed by atoms with Gasteiger partial charge in [0.1, 0.15) is 5.60 Å². The Balaban J connectivity index is 2.22. The molecule has 1 aromatic rings. The molecule has 0 spiro atoms. The predicted molar refractivity (Wildman–Crippen MR) is 82.0 cm³/mol. The van der Waals surface area contributed by atoms with Crippen LogP contribution in [-0.2, 0) is 4.74 Å². The van der Waals surface area contributed by atoms with E-state index in [1.165, 1.54) is 0 Å². The largest absolute Gasteiger partial charge is 0.444 e. The molecule has 0 saturated carbocycles. The van der Waals surface area contributed by atoms with Gasteiger partial charge in [-0.2, -0.15) is 5.26 Å². The Kier molecular flexibility index (Phi) is 4.72. The number of hydrogen-bond donors (Lipinski definition) is 1. The van der Waals surface area contributed by atoms with Gasteiger partial charge < -0.3 is 14.7 Å². The van der Waals surface area contributed by atoms with E-state index in [0.29, 0.717) is 18.5 Å². The van der Waals surface area contributed by atoms with Crippen molar-refractivity contribution in [2.45, 2.75) is 38.8 Å². The first-order valence-electron chi connectivity index (χ1n) is 7.44. The predicted octanol–water partition coefficient (Wildman–Crippen LogP) is 2.85. The van der Waals surface area contributed by atoms with Crippen molar-refractivity contribution in [3.8, 4) is 6.07 Å². The van der Waals surface area contributed by atoms with Crippen LogP contribution in [0.4, 0.5) is 4.79 Å². The summed E-state index contributed by atoms with van der Waals surface area (Å²) in [4.78, 5) is 14.1. The minimum absolute atomic E-state index is 0.0477. The first-order valence-corrected chi connectivity index (χ1v) is 7.44. The molecule has 2 unspecified atom stereocenters. The van der Waals surface area contributed by atoms with Crippen LogP contribution in [-0.4, -0.2) is 34.9 Å². The van der Waals surface area contributed by atoms with Crippen LogP contribution < -0.4 is 0 Å². The molecule has 1 aliphatic rings. The van der Waals surface area contributed by atoms with E-state index < -0.39 is 5.60 Å². The lowest BCUT2D eigenvalue weighted by Crippen LogP contribution is -2.37. The maximum absolute atomic E-state index is 12.4. The van der Waals surface area contributed by atoms with Gasteiger partial charge >= 0.3 is 6.09 Å². The Morgan fingerprint density at radius 2 is 2.05 bits per heavy atom. The van der Waals surface area contributed by atoms with Gasteiger partial charge in [0.2, 0.25) is 0 Å². The number of aliphatic hydroxyl groups is 1. The average molecular weight is 302 g/mol. The van der Waals surface area contributed by atoms with E-state index in [4.69, 9.17) is 10.00 Å². The summed E-state index contributed by atoms with van der Waals surface area (Å²) < 4.78 is 5.46. The normalized spacial score (nSPS) is 21.5. The fraction of sp³-hybridized carbons (Fsp3) is 0.529. The van der Waals surface area contributed by atoms with Gasteiger partial charge in [0.25, 0.3) is 0 Å². The van der Waals surface area contributed by atoms with E-state index in [9.17, 15) is 9.90 Å². The van der Waals surface area contributed by atoms with Crippen LogP contribution in [0.25, 0.3) is 0 Å². The molecule has 118 valence electrons. The molecule has 1 aliphatic heterocycles. The third kappa shape index (κ3) is 3.77. The molecule has 5 heteroatoms. The number of carbonyl (C=O) groups is 1. The van der Waals surface area contributed by atoms with E-state index in [-0.39, 0.29) is 24.7 Å². The van der Waals surface area contributed by atoms with Crippen molar-refractivity contribution in [1.82, 2.24) is 4.90 Å². The lowest BCUT2D eigenvalue weighted by atomic mass is 9.99. The van der Waals surface area contributed by atoms with Crippen molar-refractivity contribution < 1.29 is 14.6 Å². The summed E-state index contributed by atoms with van der Waals surface area (Å²) in [6.45, 7) is 6.03. The molecule has 1 aromatic carbocycles. The second-order valence-corrected chi connectivity index (χ2v) is 6.67. The van der Waals surface area contributed by atoms with Crippen molar-refractivity contribution in [1.29, 1.82) is 5.26 Å². The van der Waals surface area contributed by atoms with Crippen LogP contribution in [0.1, 0.15) is 44.4 Å². The summed E-state index contributed by atoms with van der Waals surface area (Å²) >= 11 is 0. The smallest absolute Gasteiger partial charge is 0.410 e. The Bertz CT molecular complexity index is 569. The minimum Gasteiger partial charge on any atom is -0.444 e. The molecule has 1 amide bonds. The van der Waals surface area contributed by atoms with Crippen LogP contribution in [0, 0.1) is 17.2 Å². The topological polar surface area (TPSA) is 73.6 Å². The molecular formula is C17H22N2O3. The van der Waals surface area contributed by atoms with E-state index in [2.05, 4.69) is 6.07 Å². The van der Waals surface area contributed by atoms with Gasteiger partial charge in [0, 0.05) is 19.1 Å². The van der Waals surface area contributed by atoms with Crippen LogP contribution >= 0.6 is 0 Å². The molecule has 22 heavy (non-hydrogen) atoms. The number of amides is 1. The lowest BCUT2D eigenvalue weighted by Gasteiger charge is -2.28. The van der Waals surface area contributed by atoms with Crippen molar-refractivity contribution in [3.63, 3.8) is 0 Å². The van der Waals surface area contributed by atoms with Crippen molar-refractivity contribution >= 4 is 6.09 Å². The average Bonchev–Trinajstić information content (AvgIpc) is 2.90. The quantitative estimate of drug-likeness (QED) is 0.911. The van der Waals surface area contributed by atoms with E-state index in [0.717, 1.165) is 5.56 Å². The van der Waals surface area contributed by atoms with E-state index in [1.807, 2.05) is 32.9 Å². The molecule has 0 radical (unpaired) electrons.